The molecule has 18 heavy (non-hydrogen) atoms. The first-order chi connectivity index (χ1) is 8.66. The number of carboxylic acids is 1. The van der Waals surface area contributed by atoms with Crippen molar-refractivity contribution in [2.75, 3.05) is 13.2 Å². The topological polar surface area (TPSA) is 58.6 Å². The monoisotopic (exact) mass is 249 g/mol. The molecule has 4 heteroatoms. The third-order valence-electron chi connectivity index (χ3n) is 3.50. The van der Waals surface area contributed by atoms with Gasteiger partial charge in [0.2, 0.25) is 0 Å². The highest BCUT2D eigenvalue weighted by Gasteiger charge is 2.21. The zero-order valence-electron chi connectivity index (χ0n) is 10.6. The molecule has 0 spiro atoms. The molecule has 1 aliphatic rings. The number of carbonyl (C=O) groups is 1. The molecule has 0 amide bonds. The van der Waals surface area contributed by atoms with Crippen molar-refractivity contribution < 1.29 is 14.6 Å². The molecular weight excluding hydrogens is 230 g/mol. The van der Waals surface area contributed by atoms with Crippen molar-refractivity contribution in [1.29, 1.82) is 0 Å². The van der Waals surface area contributed by atoms with Crippen molar-refractivity contribution in [2.45, 2.75) is 25.9 Å². The first-order valence-corrected chi connectivity index (χ1v) is 6.30. The molecule has 0 aliphatic carbocycles. The summed E-state index contributed by atoms with van der Waals surface area (Å²) in [4.78, 5) is 10.7. The minimum absolute atomic E-state index is 0.330. The zero-order valence-corrected chi connectivity index (χ0v) is 10.6. The van der Waals surface area contributed by atoms with Crippen LogP contribution in [-0.4, -0.2) is 30.3 Å². The molecule has 4 nitrogen and oxygen atoms in total. The second-order valence-corrected chi connectivity index (χ2v) is 4.80. The quantitative estimate of drug-likeness (QED) is 0.836. The van der Waals surface area contributed by atoms with Crippen molar-refractivity contribution in [2.24, 2.45) is 5.92 Å². The van der Waals surface area contributed by atoms with Crippen LogP contribution >= 0.6 is 0 Å². The van der Waals surface area contributed by atoms with Crippen LogP contribution in [0.4, 0.5) is 0 Å². The number of carboxylic acid groups (broad SMARTS) is 1. The third-order valence-corrected chi connectivity index (χ3v) is 3.50. The first-order valence-electron chi connectivity index (χ1n) is 6.30. The van der Waals surface area contributed by atoms with E-state index in [0.29, 0.717) is 17.5 Å². The molecule has 1 fully saturated rings. The SMILES string of the molecule is CC(NCc1ccc(C(=O)O)cc1)C1CCOC1. The summed E-state index contributed by atoms with van der Waals surface area (Å²) in [6, 6.07) is 7.42. The van der Waals surface area contributed by atoms with E-state index in [1.807, 2.05) is 12.1 Å². The van der Waals surface area contributed by atoms with Crippen molar-refractivity contribution in [3.05, 3.63) is 35.4 Å². The zero-order chi connectivity index (χ0) is 13.0. The predicted octanol–water partition coefficient (Wildman–Crippen LogP) is 1.90. The Balaban J connectivity index is 1.84. The molecule has 2 N–H and O–H groups in total. The highest BCUT2D eigenvalue weighted by Crippen LogP contribution is 2.16. The van der Waals surface area contributed by atoms with Crippen LogP contribution in [0.3, 0.4) is 0 Å². The van der Waals surface area contributed by atoms with E-state index in [-0.39, 0.29) is 0 Å². The largest absolute Gasteiger partial charge is 0.478 e. The van der Waals surface area contributed by atoms with E-state index in [1.165, 1.54) is 0 Å². The van der Waals surface area contributed by atoms with Crippen LogP contribution in [0.1, 0.15) is 29.3 Å². The molecule has 0 saturated carbocycles. The van der Waals surface area contributed by atoms with Gasteiger partial charge in [-0.2, -0.15) is 0 Å². The molecule has 1 aromatic rings. The summed E-state index contributed by atoms with van der Waals surface area (Å²) in [5.74, 6) is -0.297. The number of hydrogen-bond acceptors (Lipinski definition) is 3. The van der Waals surface area contributed by atoms with Gasteiger partial charge in [0.15, 0.2) is 0 Å². The van der Waals surface area contributed by atoms with Gasteiger partial charge < -0.3 is 15.2 Å². The molecule has 0 aromatic heterocycles. The smallest absolute Gasteiger partial charge is 0.335 e. The van der Waals surface area contributed by atoms with E-state index in [2.05, 4.69) is 12.2 Å². The fourth-order valence-corrected chi connectivity index (χ4v) is 2.16. The molecule has 2 unspecified atom stereocenters. The Labute approximate surface area is 107 Å². The van der Waals surface area contributed by atoms with Gasteiger partial charge in [0.25, 0.3) is 0 Å². The molecule has 1 aliphatic heterocycles. The average molecular weight is 249 g/mol. The minimum atomic E-state index is -0.883. The maximum atomic E-state index is 10.7. The van der Waals surface area contributed by atoms with Gasteiger partial charge in [-0.15, -0.1) is 0 Å². The molecular formula is C14H19NO3. The highest BCUT2D eigenvalue weighted by molar-refractivity contribution is 5.87. The summed E-state index contributed by atoms with van der Waals surface area (Å²) >= 11 is 0. The fraction of sp³-hybridized carbons (Fsp3) is 0.500. The molecule has 1 saturated heterocycles. The highest BCUT2D eigenvalue weighted by atomic mass is 16.5. The van der Waals surface area contributed by atoms with E-state index >= 15 is 0 Å². The van der Waals surface area contributed by atoms with E-state index in [0.717, 1.165) is 31.7 Å². The van der Waals surface area contributed by atoms with Crippen LogP contribution in [0.2, 0.25) is 0 Å². The number of aromatic carboxylic acids is 1. The Bertz CT molecular complexity index is 396. The van der Waals surface area contributed by atoms with Crippen LogP contribution in [0.25, 0.3) is 0 Å². The summed E-state index contributed by atoms with van der Waals surface area (Å²) in [6.45, 7) is 4.64. The molecule has 2 atom stereocenters. The number of hydrogen-bond donors (Lipinski definition) is 2. The Hall–Kier alpha value is -1.39. The van der Waals surface area contributed by atoms with E-state index in [4.69, 9.17) is 9.84 Å². The number of nitrogens with one attached hydrogen (secondary N) is 1. The van der Waals surface area contributed by atoms with E-state index in [9.17, 15) is 4.79 Å². The second kappa shape index (κ2) is 5.98. The molecule has 0 bridgehead atoms. The number of ether oxygens (including phenoxy) is 1. The first kappa shape index (κ1) is 13.1. The van der Waals surface area contributed by atoms with E-state index in [1.54, 1.807) is 12.1 Å². The van der Waals surface area contributed by atoms with Crippen LogP contribution in [0.5, 0.6) is 0 Å². The van der Waals surface area contributed by atoms with Crippen LogP contribution < -0.4 is 5.32 Å². The number of rotatable bonds is 5. The Morgan fingerprint density at radius 3 is 2.78 bits per heavy atom. The number of benzene rings is 1. The van der Waals surface area contributed by atoms with Gasteiger partial charge in [0, 0.05) is 19.2 Å². The lowest BCUT2D eigenvalue weighted by molar-refractivity contribution is 0.0697. The Morgan fingerprint density at radius 1 is 1.50 bits per heavy atom. The van der Waals surface area contributed by atoms with Crippen molar-refractivity contribution in [3.63, 3.8) is 0 Å². The maximum Gasteiger partial charge on any atom is 0.335 e. The summed E-state index contributed by atoms with van der Waals surface area (Å²) in [5.41, 5.74) is 1.43. The normalized spacial score (nSPS) is 20.8. The van der Waals surface area contributed by atoms with E-state index < -0.39 is 5.97 Å². The minimum Gasteiger partial charge on any atom is -0.478 e. The summed E-state index contributed by atoms with van der Waals surface area (Å²) in [6.07, 6.45) is 1.12. The standard InChI is InChI=1S/C14H19NO3/c1-10(13-6-7-18-9-13)15-8-11-2-4-12(5-3-11)14(16)17/h2-5,10,13,15H,6-9H2,1H3,(H,16,17). The summed E-state index contributed by atoms with van der Waals surface area (Å²) in [7, 11) is 0. The van der Waals surface area contributed by atoms with Gasteiger partial charge in [-0.25, -0.2) is 4.79 Å². The lowest BCUT2D eigenvalue weighted by Gasteiger charge is -2.19. The van der Waals surface area contributed by atoms with Crippen molar-refractivity contribution in [1.82, 2.24) is 5.32 Å². The van der Waals surface area contributed by atoms with Gasteiger partial charge in [0.1, 0.15) is 0 Å². The van der Waals surface area contributed by atoms with Crippen LogP contribution in [0, 0.1) is 5.92 Å². The molecule has 98 valence electrons. The van der Waals surface area contributed by atoms with Gasteiger partial charge in [-0.05, 0) is 37.0 Å². The van der Waals surface area contributed by atoms with Gasteiger partial charge in [-0.1, -0.05) is 12.1 Å². The molecule has 2 rings (SSSR count). The molecule has 1 heterocycles. The fourth-order valence-electron chi connectivity index (χ4n) is 2.16. The maximum absolute atomic E-state index is 10.7. The molecule has 0 radical (unpaired) electrons. The Morgan fingerprint density at radius 2 is 2.22 bits per heavy atom. The summed E-state index contributed by atoms with van der Waals surface area (Å²) in [5, 5.41) is 12.3. The van der Waals surface area contributed by atoms with Gasteiger partial charge in [-0.3, -0.25) is 0 Å². The second-order valence-electron chi connectivity index (χ2n) is 4.80. The predicted molar refractivity (Wildman–Crippen MR) is 68.6 cm³/mol. The van der Waals surface area contributed by atoms with Crippen molar-refractivity contribution in [3.8, 4) is 0 Å². The van der Waals surface area contributed by atoms with Gasteiger partial charge in [0.05, 0.1) is 12.2 Å². The lowest BCUT2D eigenvalue weighted by atomic mass is 10.0. The Kier molecular flexibility index (Phi) is 4.33. The average Bonchev–Trinajstić information content (AvgIpc) is 2.90. The summed E-state index contributed by atoms with van der Waals surface area (Å²) < 4.78 is 5.37. The van der Waals surface area contributed by atoms with Crippen LogP contribution in [0.15, 0.2) is 24.3 Å². The van der Waals surface area contributed by atoms with Gasteiger partial charge >= 0.3 is 5.97 Å². The van der Waals surface area contributed by atoms with Crippen LogP contribution in [-0.2, 0) is 11.3 Å². The molecule has 1 aromatic carbocycles. The van der Waals surface area contributed by atoms with Crippen molar-refractivity contribution >= 4 is 5.97 Å². The lowest BCUT2D eigenvalue weighted by Crippen LogP contribution is -2.33. The third kappa shape index (κ3) is 3.31.